The smallest absolute Gasteiger partial charge is 0.223 e. The molecule has 0 saturated carbocycles. The van der Waals surface area contributed by atoms with Gasteiger partial charge < -0.3 is 10.2 Å². The SMILES string of the molecule is CC(=O)N1CCNC2CC=CC=C21. The Labute approximate surface area is 78.1 Å². The van der Waals surface area contributed by atoms with Gasteiger partial charge in [-0.3, -0.25) is 4.79 Å². The van der Waals surface area contributed by atoms with Crippen LogP contribution in [0.25, 0.3) is 0 Å². The minimum atomic E-state index is 0.146. The summed E-state index contributed by atoms with van der Waals surface area (Å²) in [5, 5.41) is 3.39. The molecule has 3 nitrogen and oxygen atoms in total. The Bertz CT molecular complexity index is 281. The molecule has 0 radical (unpaired) electrons. The molecule has 0 aromatic rings. The zero-order chi connectivity index (χ0) is 9.26. The first-order chi connectivity index (χ1) is 6.29. The van der Waals surface area contributed by atoms with Gasteiger partial charge in [0, 0.05) is 25.7 Å². The Morgan fingerprint density at radius 1 is 1.69 bits per heavy atom. The van der Waals surface area contributed by atoms with Crippen LogP contribution in [0.15, 0.2) is 23.9 Å². The van der Waals surface area contributed by atoms with Crippen LogP contribution in [0.4, 0.5) is 0 Å². The minimum Gasteiger partial charge on any atom is -0.314 e. The van der Waals surface area contributed by atoms with Gasteiger partial charge in [-0.15, -0.1) is 0 Å². The van der Waals surface area contributed by atoms with Crippen molar-refractivity contribution in [1.82, 2.24) is 10.2 Å². The number of nitrogens with one attached hydrogen (secondary N) is 1. The summed E-state index contributed by atoms with van der Waals surface area (Å²) in [5.41, 5.74) is 1.13. The minimum absolute atomic E-state index is 0.146. The van der Waals surface area contributed by atoms with Gasteiger partial charge in [-0.2, -0.15) is 0 Å². The van der Waals surface area contributed by atoms with Crippen LogP contribution in [-0.4, -0.2) is 29.9 Å². The molecule has 0 spiro atoms. The highest BCUT2D eigenvalue weighted by Crippen LogP contribution is 2.20. The summed E-state index contributed by atoms with van der Waals surface area (Å²) in [6.45, 7) is 3.32. The summed E-state index contributed by atoms with van der Waals surface area (Å²) in [7, 11) is 0. The van der Waals surface area contributed by atoms with E-state index < -0.39 is 0 Å². The Hall–Kier alpha value is -1.09. The van der Waals surface area contributed by atoms with E-state index in [1.807, 2.05) is 17.1 Å². The lowest BCUT2D eigenvalue weighted by Gasteiger charge is -2.36. The molecule has 1 heterocycles. The molecule has 3 heteroatoms. The summed E-state index contributed by atoms with van der Waals surface area (Å²) in [4.78, 5) is 13.2. The topological polar surface area (TPSA) is 32.3 Å². The van der Waals surface area contributed by atoms with Crippen LogP contribution in [-0.2, 0) is 4.79 Å². The third kappa shape index (κ3) is 1.52. The van der Waals surface area contributed by atoms with Crippen molar-refractivity contribution in [3.8, 4) is 0 Å². The molecule has 1 fully saturated rings. The van der Waals surface area contributed by atoms with E-state index in [9.17, 15) is 4.79 Å². The number of piperazine rings is 1. The average molecular weight is 178 g/mol. The van der Waals surface area contributed by atoms with E-state index in [1.165, 1.54) is 0 Å². The zero-order valence-corrected chi connectivity index (χ0v) is 7.79. The summed E-state index contributed by atoms with van der Waals surface area (Å²) in [5.74, 6) is 0.146. The molecule has 1 N–H and O–H groups in total. The second-order valence-corrected chi connectivity index (χ2v) is 3.43. The molecule has 70 valence electrons. The fraction of sp³-hybridized carbons (Fsp3) is 0.500. The van der Waals surface area contributed by atoms with Crippen molar-refractivity contribution in [3.05, 3.63) is 23.9 Å². The van der Waals surface area contributed by atoms with E-state index in [4.69, 9.17) is 0 Å². The maximum absolute atomic E-state index is 11.3. The molecule has 0 aromatic heterocycles. The van der Waals surface area contributed by atoms with Crippen LogP contribution in [0.3, 0.4) is 0 Å². The third-order valence-corrected chi connectivity index (χ3v) is 2.55. The Morgan fingerprint density at radius 2 is 2.54 bits per heavy atom. The van der Waals surface area contributed by atoms with Crippen molar-refractivity contribution in [2.24, 2.45) is 0 Å². The number of hydrogen-bond donors (Lipinski definition) is 1. The van der Waals surface area contributed by atoms with Crippen LogP contribution >= 0.6 is 0 Å². The predicted octanol–water partition coefficient (Wildman–Crippen LogP) is 0.650. The normalized spacial score (nSPS) is 26.7. The number of fused-ring (bicyclic) bond motifs is 1. The first-order valence-corrected chi connectivity index (χ1v) is 4.67. The molecule has 13 heavy (non-hydrogen) atoms. The molecule has 1 aliphatic carbocycles. The largest absolute Gasteiger partial charge is 0.314 e. The zero-order valence-electron chi connectivity index (χ0n) is 7.79. The average Bonchev–Trinajstić information content (AvgIpc) is 2.17. The second kappa shape index (κ2) is 3.34. The highest BCUT2D eigenvalue weighted by atomic mass is 16.2. The van der Waals surface area contributed by atoms with Gasteiger partial charge in [-0.05, 0) is 12.5 Å². The first-order valence-electron chi connectivity index (χ1n) is 4.67. The van der Waals surface area contributed by atoms with Crippen LogP contribution in [0.1, 0.15) is 13.3 Å². The van der Waals surface area contributed by atoms with Gasteiger partial charge in [0.2, 0.25) is 5.91 Å². The molecular weight excluding hydrogens is 164 g/mol. The van der Waals surface area contributed by atoms with E-state index in [-0.39, 0.29) is 5.91 Å². The maximum Gasteiger partial charge on any atom is 0.223 e. The van der Waals surface area contributed by atoms with Gasteiger partial charge in [0.25, 0.3) is 0 Å². The van der Waals surface area contributed by atoms with Gasteiger partial charge in [-0.25, -0.2) is 0 Å². The molecule has 0 aromatic carbocycles. The summed E-state index contributed by atoms with van der Waals surface area (Å²) < 4.78 is 0. The van der Waals surface area contributed by atoms with Crippen molar-refractivity contribution in [1.29, 1.82) is 0 Å². The Balaban J connectivity index is 2.24. The molecule has 1 atom stereocenters. The van der Waals surface area contributed by atoms with Crippen molar-refractivity contribution in [2.75, 3.05) is 13.1 Å². The van der Waals surface area contributed by atoms with Gasteiger partial charge in [0.1, 0.15) is 0 Å². The van der Waals surface area contributed by atoms with Gasteiger partial charge in [0.15, 0.2) is 0 Å². The number of allylic oxidation sites excluding steroid dienone is 2. The number of nitrogens with zero attached hydrogens (tertiary/aromatic N) is 1. The molecular formula is C10H14N2O. The van der Waals surface area contributed by atoms with Crippen molar-refractivity contribution >= 4 is 5.91 Å². The molecule has 1 aliphatic heterocycles. The summed E-state index contributed by atoms with van der Waals surface area (Å²) in [6.07, 6.45) is 7.18. The van der Waals surface area contributed by atoms with E-state index in [2.05, 4.69) is 11.4 Å². The molecule has 2 rings (SSSR count). The van der Waals surface area contributed by atoms with E-state index in [1.54, 1.807) is 6.92 Å². The summed E-state index contributed by atoms with van der Waals surface area (Å²) in [6, 6.07) is 0.350. The molecule has 1 unspecified atom stereocenters. The first kappa shape index (κ1) is 8.51. The van der Waals surface area contributed by atoms with Gasteiger partial charge in [-0.1, -0.05) is 12.2 Å². The Morgan fingerprint density at radius 3 is 3.31 bits per heavy atom. The highest BCUT2D eigenvalue weighted by Gasteiger charge is 2.26. The number of amides is 1. The van der Waals surface area contributed by atoms with Crippen LogP contribution < -0.4 is 5.32 Å². The fourth-order valence-corrected chi connectivity index (χ4v) is 1.90. The van der Waals surface area contributed by atoms with E-state index in [0.717, 1.165) is 25.2 Å². The van der Waals surface area contributed by atoms with E-state index in [0.29, 0.717) is 6.04 Å². The summed E-state index contributed by atoms with van der Waals surface area (Å²) >= 11 is 0. The lowest BCUT2D eigenvalue weighted by Crippen LogP contribution is -2.50. The number of carbonyl (C=O) groups excluding carboxylic acids is 1. The maximum atomic E-state index is 11.3. The molecule has 1 amide bonds. The molecule has 1 saturated heterocycles. The van der Waals surface area contributed by atoms with Gasteiger partial charge in [0.05, 0.1) is 6.04 Å². The van der Waals surface area contributed by atoms with E-state index >= 15 is 0 Å². The molecule has 0 bridgehead atoms. The molecule has 2 aliphatic rings. The second-order valence-electron chi connectivity index (χ2n) is 3.43. The number of rotatable bonds is 0. The highest BCUT2D eigenvalue weighted by molar-refractivity contribution is 5.76. The lowest BCUT2D eigenvalue weighted by molar-refractivity contribution is -0.127. The standard InChI is InChI=1S/C10H14N2O/c1-8(13)12-7-6-11-9-4-2-3-5-10(9)12/h2-3,5,9,11H,4,6-7H2,1H3. The predicted molar refractivity (Wildman–Crippen MR) is 51.0 cm³/mol. The van der Waals surface area contributed by atoms with Crippen LogP contribution in [0.5, 0.6) is 0 Å². The number of hydrogen-bond acceptors (Lipinski definition) is 2. The van der Waals surface area contributed by atoms with Crippen molar-refractivity contribution in [3.63, 3.8) is 0 Å². The van der Waals surface area contributed by atoms with Gasteiger partial charge >= 0.3 is 0 Å². The lowest BCUT2D eigenvalue weighted by atomic mass is 10.0. The Kier molecular flexibility index (Phi) is 2.19. The third-order valence-electron chi connectivity index (χ3n) is 2.55. The van der Waals surface area contributed by atoms with Crippen molar-refractivity contribution < 1.29 is 4.79 Å². The quantitative estimate of drug-likeness (QED) is 0.590. The number of carbonyl (C=O) groups is 1. The van der Waals surface area contributed by atoms with Crippen LogP contribution in [0, 0.1) is 0 Å². The van der Waals surface area contributed by atoms with Crippen LogP contribution in [0.2, 0.25) is 0 Å². The van der Waals surface area contributed by atoms with Crippen molar-refractivity contribution in [2.45, 2.75) is 19.4 Å². The fourth-order valence-electron chi connectivity index (χ4n) is 1.90. The monoisotopic (exact) mass is 178 g/mol.